The van der Waals surface area contributed by atoms with Gasteiger partial charge in [0.2, 0.25) is 0 Å². The van der Waals surface area contributed by atoms with Gasteiger partial charge in [-0.05, 0) is 45.8 Å². The van der Waals surface area contributed by atoms with Crippen molar-refractivity contribution < 1.29 is 12.8 Å². The van der Waals surface area contributed by atoms with E-state index in [0.29, 0.717) is 16.7 Å². The maximum Gasteiger partial charge on any atom is 0.192 e. The van der Waals surface area contributed by atoms with E-state index in [1.54, 1.807) is 18.2 Å². The minimum atomic E-state index is -3.28. The van der Waals surface area contributed by atoms with E-state index < -0.39 is 9.84 Å². The summed E-state index contributed by atoms with van der Waals surface area (Å²) in [5, 5.41) is 3.12. The zero-order chi connectivity index (χ0) is 14.8. The Hall–Kier alpha value is -1.47. The van der Waals surface area contributed by atoms with Crippen molar-refractivity contribution >= 4 is 31.5 Å². The van der Waals surface area contributed by atoms with Crippen molar-refractivity contribution in [3.8, 4) is 0 Å². The molecule has 0 spiro atoms. The highest BCUT2D eigenvalue weighted by Gasteiger charge is 2.08. The van der Waals surface area contributed by atoms with Gasteiger partial charge >= 0.3 is 0 Å². The molecule has 0 fully saturated rings. The van der Waals surface area contributed by atoms with Crippen LogP contribution in [0, 0.1) is 5.82 Å². The summed E-state index contributed by atoms with van der Waals surface area (Å²) in [5.74, 6) is -0.312. The molecule has 1 aromatic heterocycles. The van der Waals surface area contributed by atoms with Crippen LogP contribution < -0.4 is 5.32 Å². The number of aromatic nitrogens is 1. The van der Waals surface area contributed by atoms with Crippen LogP contribution in [0.3, 0.4) is 0 Å². The van der Waals surface area contributed by atoms with Crippen LogP contribution in [-0.2, 0) is 16.4 Å². The topological polar surface area (TPSA) is 59.1 Å². The number of sulfone groups is 1. The van der Waals surface area contributed by atoms with Crippen LogP contribution in [0.25, 0.3) is 0 Å². The average Bonchev–Trinajstić information content (AvgIpc) is 2.40. The van der Waals surface area contributed by atoms with Gasteiger partial charge in [-0.1, -0.05) is 6.07 Å². The van der Waals surface area contributed by atoms with E-state index in [4.69, 9.17) is 0 Å². The normalized spacial score (nSPS) is 11.3. The molecule has 2 aromatic rings. The largest absolute Gasteiger partial charge is 0.380 e. The number of hydrogen-bond donors (Lipinski definition) is 1. The third-order valence-electron chi connectivity index (χ3n) is 2.60. The first-order valence-corrected chi connectivity index (χ1v) is 8.38. The lowest BCUT2D eigenvalue weighted by Crippen LogP contribution is -2.03. The highest BCUT2D eigenvalue weighted by atomic mass is 79.9. The number of halogens is 2. The van der Waals surface area contributed by atoms with Crippen LogP contribution in [0.15, 0.2) is 46.0 Å². The number of rotatable bonds is 4. The SMILES string of the molecule is CS(=O)(=O)c1ccc(NCc2ccc(F)c(Br)c2)cn1. The summed E-state index contributed by atoms with van der Waals surface area (Å²) in [6.45, 7) is 0.485. The lowest BCUT2D eigenvalue weighted by atomic mass is 10.2. The third kappa shape index (κ3) is 3.77. The van der Waals surface area contributed by atoms with E-state index in [9.17, 15) is 12.8 Å². The van der Waals surface area contributed by atoms with Gasteiger partial charge in [-0.2, -0.15) is 0 Å². The smallest absolute Gasteiger partial charge is 0.192 e. The molecule has 1 aromatic carbocycles. The molecule has 1 heterocycles. The fourth-order valence-corrected chi connectivity index (χ4v) is 2.54. The summed E-state index contributed by atoms with van der Waals surface area (Å²) in [6.07, 6.45) is 2.56. The van der Waals surface area contributed by atoms with Gasteiger partial charge in [0.25, 0.3) is 0 Å². The van der Waals surface area contributed by atoms with E-state index in [1.165, 1.54) is 18.3 Å². The summed E-state index contributed by atoms with van der Waals surface area (Å²) in [4.78, 5) is 3.87. The Kier molecular flexibility index (Phi) is 4.39. The standard InChI is InChI=1S/C13H12BrFN2O2S/c1-20(18,19)13-5-3-10(8-17-13)16-7-9-2-4-12(15)11(14)6-9/h2-6,8,16H,7H2,1H3. The molecule has 1 N–H and O–H groups in total. The van der Waals surface area contributed by atoms with Gasteiger partial charge in [0.05, 0.1) is 16.4 Å². The molecule has 0 amide bonds. The third-order valence-corrected chi connectivity index (χ3v) is 4.21. The van der Waals surface area contributed by atoms with Crippen LogP contribution >= 0.6 is 15.9 Å². The number of anilines is 1. The number of nitrogens with zero attached hydrogens (tertiary/aromatic N) is 1. The van der Waals surface area contributed by atoms with Gasteiger partial charge in [-0.3, -0.25) is 0 Å². The van der Waals surface area contributed by atoms with Crippen molar-refractivity contribution in [1.29, 1.82) is 0 Å². The Bertz CT molecular complexity index is 718. The second-order valence-electron chi connectivity index (χ2n) is 4.26. The quantitative estimate of drug-likeness (QED) is 0.912. The highest BCUT2D eigenvalue weighted by molar-refractivity contribution is 9.10. The highest BCUT2D eigenvalue weighted by Crippen LogP contribution is 2.18. The molecule has 7 heteroatoms. The van der Waals surface area contributed by atoms with Crippen LogP contribution in [0.1, 0.15) is 5.56 Å². The first-order valence-electron chi connectivity index (χ1n) is 5.70. The Labute approximate surface area is 125 Å². The average molecular weight is 359 g/mol. The van der Waals surface area contributed by atoms with Crippen molar-refractivity contribution in [2.24, 2.45) is 0 Å². The van der Waals surface area contributed by atoms with Gasteiger partial charge < -0.3 is 5.32 Å². The van der Waals surface area contributed by atoms with Crippen LogP contribution in [0.5, 0.6) is 0 Å². The molecule has 0 atom stereocenters. The Morgan fingerprint density at radius 1 is 1.30 bits per heavy atom. The van der Waals surface area contributed by atoms with E-state index in [1.807, 2.05) is 0 Å². The fraction of sp³-hybridized carbons (Fsp3) is 0.154. The first kappa shape index (κ1) is 14.9. The number of pyridine rings is 1. The molecule has 20 heavy (non-hydrogen) atoms. The van der Waals surface area contributed by atoms with Crippen molar-refractivity contribution in [2.75, 3.05) is 11.6 Å². The van der Waals surface area contributed by atoms with Crippen LogP contribution in [0.2, 0.25) is 0 Å². The van der Waals surface area contributed by atoms with Gasteiger partial charge in [0, 0.05) is 12.8 Å². The minimum absolute atomic E-state index is 0.0348. The number of nitrogens with one attached hydrogen (secondary N) is 1. The second kappa shape index (κ2) is 5.88. The van der Waals surface area contributed by atoms with Gasteiger partial charge in [-0.15, -0.1) is 0 Å². The van der Waals surface area contributed by atoms with Crippen molar-refractivity contribution in [3.63, 3.8) is 0 Å². The van der Waals surface area contributed by atoms with E-state index >= 15 is 0 Å². The number of benzene rings is 1. The zero-order valence-corrected chi connectivity index (χ0v) is 13.0. The molecule has 0 radical (unpaired) electrons. The predicted molar refractivity (Wildman–Crippen MR) is 78.8 cm³/mol. The molecule has 0 aliphatic heterocycles. The second-order valence-corrected chi connectivity index (χ2v) is 7.08. The molecular weight excluding hydrogens is 347 g/mol. The molecular formula is C13H12BrFN2O2S. The Morgan fingerprint density at radius 3 is 2.60 bits per heavy atom. The fourth-order valence-electron chi connectivity index (χ4n) is 1.56. The lowest BCUT2D eigenvalue weighted by Gasteiger charge is -2.07. The zero-order valence-electron chi connectivity index (χ0n) is 10.6. The van der Waals surface area contributed by atoms with Gasteiger partial charge in [-0.25, -0.2) is 17.8 Å². The molecule has 4 nitrogen and oxygen atoms in total. The molecule has 106 valence electrons. The van der Waals surface area contributed by atoms with E-state index in [0.717, 1.165) is 11.8 Å². The maximum atomic E-state index is 13.1. The van der Waals surface area contributed by atoms with Crippen molar-refractivity contribution in [2.45, 2.75) is 11.6 Å². The van der Waals surface area contributed by atoms with Gasteiger partial charge in [0.1, 0.15) is 5.82 Å². The first-order chi connectivity index (χ1) is 9.36. The molecule has 0 aliphatic rings. The summed E-state index contributed by atoms with van der Waals surface area (Å²) in [7, 11) is -3.28. The molecule has 0 saturated carbocycles. The molecule has 0 saturated heterocycles. The summed E-state index contributed by atoms with van der Waals surface area (Å²) < 4.78 is 36.0. The van der Waals surface area contributed by atoms with Crippen molar-refractivity contribution in [1.82, 2.24) is 4.98 Å². The van der Waals surface area contributed by atoms with Crippen LogP contribution in [0.4, 0.5) is 10.1 Å². The Morgan fingerprint density at radius 2 is 2.05 bits per heavy atom. The molecule has 0 aliphatic carbocycles. The minimum Gasteiger partial charge on any atom is -0.380 e. The van der Waals surface area contributed by atoms with E-state index in [2.05, 4.69) is 26.2 Å². The predicted octanol–water partition coefficient (Wildman–Crippen LogP) is 3.00. The Balaban J connectivity index is 2.06. The van der Waals surface area contributed by atoms with Gasteiger partial charge in [0.15, 0.2) is 14.9 Å². The summed E-state index contributed by atoms with van der Waals surface area (Å²) in [5.41, 5.74) is 1.59. The summed E-state index contributed by atoms with van der Waals surface area (Å²) >= 11 is 3.12. The maximum absolute atomic E-state index is 13.1. The summed E-state index contributed by atoms with van der Waals surface area (Å²) in [6, 6.07) is 7.82. The van der Waals surface area contributed by atoms with Crippen LogP contribution in [-0.4, -0.2) is 19.7 Å². The molecule has 2 rings (SSSR count). The van der Waals surface area contributed by atoms with E-state index in [-0.39, 0.29) is 10.8 Å². The number of hydrogen-bond acceptors (Lipinski definition) is 4. The lowest BCUT2D eigenvalue weighted by molar-refractivity contribution is 0.598. The van der Waals surface area contributed by atoms with Crippen molar-refractivity contribution in [3.05, 3.63) is 52.4 Å². The molecule has 0 unspecified atom stereocenters. The molecule has 0 bridgehead atoms. The monoisotopic (exact) mass is 358 g/mol.